The first-order valence-corrected chi connectivity index (χ1v) is 8.85. The minimum Gasteiger partial charge on any atom is -0.459 e. The van der Waals surface area contributed by atoms with Crippen LogP contribution in [0.25, 0.3) is 0 Å². The Labute approximate surface area is 141 Å². The van der Waals surface area contributed by atoms with Crippen molar-refractivity contribution in [1.82, 2.24) is 9.80 Å². The zero-order valence-corrected chi connectivity index (χ0v) is 14.1. The number of piperidine rings is 1. The third-order valence-corrected chi connectivity index (χ3v) is 5.81. The van der Waals surface area contributed by atoms with E-state index in [1.165, 1.54) is 19.1 Å². The summed E-state index contributed by atoms with van der Waals surface area (Å²) in [6, 6.07) is 3.50. The quantitative estimate of drug-likeness (QED) is 0.848. The highest BCUT2D eigenvalue weighted by molar-refractivity contribution is 5.91. The standard InChI is InChI=1S/C18H24N2O4/c1-13-18(24-12-16(21)20(13)11-14-4-5-14)6-8-19(9-7-18)17(22)15-3-2-10-23-15/h2-3,10,13-14H,4-9,11-12H2,1H3/t13-/m1/s1. The van der Waals surface area contributed by atoms with Crippen molar-refractivity contribution in [1.29, 1.82) is 0 Å². The molecule has 0 unspecified atom stereocenters. The van der Waals surface area contributed by atoms with E-state index in [1.54, 1.807) is 12.1 Å². The van der Waals surface area contributed by atoms with E-state index in [1.807, 2.05) is 9.80 Å². The van der Waals surface area contributed by atoms with Crippen molar-refractivity contribution in [2.24, 2.45) is 5.92 Å². The van der Waals surface area contributed by atoms with Gasteiger partial charge < -0.3 is 19.0 Å². The largest absolute Gasteiger partial charge is 0.459 e. The molecule has 6 heteroatoms. The molecule has 3 fully saturated rings. The fourth-order valence-corrected chi connectivity index (χ4v) is 3.95. The van der Waals surface area contributed by atoms with Crippen LogP contribution in [-0.2, 0) is 9.53 Å². The van der Waals surface area contributed by atoms with Crippen LogP contribution in [0.15, 0.2) is 22.8 Å². The molecule has 2 saturated heterocycles. The molecular weight excluding hydrogens is 308 g/mol. The van der Waals surface area contributed by atoms with Gasteiger partial charge in [0.15, 0.2) is 5.76 Å². The summed E-state index contributed by atoms with van der Waals surface area (Å²) in [6.45, 7) is 4.40. The molecule has 1 atom stereocenters. The molecule has 0 aromatic carbocycles. The third kappa shape index (κ3) is 2.73. The van der Waals surface area contributed by atoms with E-state index in [2.05, 4.69) is 6.92 Å². The first-order valence-electron chi connectivity index (χ1n) is 8.85. The average Bonchev–Trinajstić information content (AvgIpc) is 3.25. The molecule has 1 aliphatic carbocycles. The average molecular weight is 332 g/mol. The van der Waals surface area contributed by atoms with Crippen LogP contribution in [0.1, 0.15) is 43.2 Å². The van der Waals surface area contributed by atoms with Crippen LogP contribution < -0.4 is 0 Å². The zero-order valence-electron chi connectivity index (χ0n) is 14.1. The molecule has 1 saturated carbocycles. The van der Waals surface area contributed by atoms with Crippen LogP contribution in [0, 0.1) is 5.92 Å². The van der Waals surface area contributed by atoms with Crippen molar-refractivity contribution in [2.75, 3.05) is 26.2 Å². The van der Waals surface area contributed by atoms with Gasteiger partial charge in [-0.25, -0.2) is 0 Å². The number of carbonyl (C=O) groups is 2. The summed E-state index contributed by atoms with van der Waals surface area (Å²) >= 11 is 0. The third-order valence-electron chi connectivity index (χ3n) is 5.81. The molecule has 6 nitrogen and oxygen atoms in total. The predicted molar refractivity (Wildman–Crippen MR) is 86.4 cm³/mol. The van der Waals surface area contributed by atoms with E-state index in [9.17, 15) is 9.59 Å². The number of furan rings is 1. The molecule has 1 aromatic heterocycles. The number of carbonyl (C=O) groups excluding carboxylic acids is 2. The van der Waals surface area contributed by atoms with Crippen LogP contribution in [0.5, 0.6) is 0 Å². The Kier molecular flexibility index (Phi) is 3.87. The molecular formula is C18H24N2O4. The Balaban J connectivity index is 1.43. The normalized spacial score (nSPS) is 26.9. The fraction of sp³-hybridized carbons (Fsp3) is 0.667. The maximum absolute atomic E-state index is 12.4. The minimum atomic E-state index is -0.317. The summed E-state index contributed by atoms with van der Waals surface area (Å²) in [5.74, 6) is 1.10. The second-order valence-electron chi connectivity index (χ2n) is 7.29. The first kappa shape index (κ1) is 15.7. The topological polar surface area (TPSA) is 63.0 Å². The zero-order chi connectivity index (χ0) is 16.7. The van der Waals surface area contributed by atoms with E-state index in [0.717, 1.165) is 19.4 Å². The van der Waals surface area contributed by atoms with Gasteiger partial charge in [-0.2, -0.15) is 0 Å². The highest BCUT2D eigenvalue weighted by atomic mass is 16.5. The lowest BCUT2D eigenvalue weighted by Crippen LogP contribution is -2.64. The van der Waals surface area contributed by atoms with Gasteiger partial charge in [0, 0.05) is 19.6 Å². The lowest BCUT2D eigenvalue weighted by molar-refractivity contribution is -0.185. The van der Waals surface area contributed by atoms with Gasteiger partial charge in [-0.3, -0.25) is 9.59 Å². The summed E-state index contributed by atoms with van der Waals surface area (Å²) in [6.07, 6.45) is 5.50. The second kappa shape index (κ2) is 5.92. The number of morpholine rings is 1. The number of rotatable bonds is 3. The predicted octanol–water partition coefficient (Wildman–Crippen LogP) is 1.91. The monoisotopic (exact) mass is 332 g/mol. The van der Waals surface area contributed by atoms with E-state index in [-0.39, 0.29) is 30.1 Å². The Hall–Kier alpha value is -1.82. The van der Waals surface area contributed by atoms with Crippen molar-refractivity contribution >= 4 is 11.8 Å². The molecule has 4 rings (SSSR count). The number of hydrogen-bond acceptors (Lipinski definition) is 4. The molecule has 3 heterocycles. The van der Waals surface area contributed by atoms with Crippen LogP contribution in [-0.4, -0.2) is 59.5 Å². The van der Waals surface area contributed by atoms with E-state index in [4.69, 9.17) is 9.15 Å². The molecule has 24 heavy (non-hydrogen) atoms. The molecule has 0 bridgehead atoms. The van der Waals surface area contributed by atoms with Gasteiger partial charge in [-0.05, 0) is 50.7 Å². The van der Waals surface area contributed by atoms with E-state index < -0.39 is 0 Å². The molecule has 0 radical (unpaired) electrons. The summed E-state index contributed by atoms with van der Waals surface area (Å²) in [5.41, 5.74) is -0.317. The maximum atomic E-state index is 12.4. The molecule has 130 valence electrons. The van der Waals surface area contributed by atoms with Crippen molar-refractivity contribution in [3.63, 3.8) is 0 Å². The SMILES string of the molecule is C[C@H]1N(CC2CC2)C(=O)COC12CCN(C(=O)c1ccco1)CC2. The van der Waals surface area contributed by atoms with E-state index >= 15 is 0 Å². The summed E-state index contributed by atoms with van der Waals surface area (Å²) in [5, 5.41) is 0. The lowest BCUT2D eigenvalue weighted by Gasteiger charge is -2.51. The fourth-order valence-electron chi connectivity index (χ4n) is 3.95. The van der Waals surface area contributed by atoms with Crippen LogP contribution in [0.2, 0.25) is 0 Å². The summed E-state index contributed by atoms with van der Waals surface area (Å²) < 4.78 is 11.2. The van der Waals surface area contributed by atoms with Crippen molar-refractivity contribution in [3.05, 3.63) is 24.2 Å². The van der Waals surface area contributed by atoms with Gasteiger partial charge >= 0.3 is 0 Å². The van der Waals surface area contributed by atoms with Gasteiger partial charge in [0.1, 0.15) is 6.61 Å². The smallest absolute Gasteiger partial charge is 0.289 e. The van der Waals surface area contributed by atoms with E-state index in [0.29, 0.717) is 24.8 Å². The second-order valence-corrected chi connectivity index (χ2v) is 7.29. The Morgan fingerprint density at radius 1 is 1.33 bits per heavy atom. The van der Waals surface area contributed by atoms with Crippen molar-refractivity contribution in [2.45, 2.75) is 44.2 Å². The highest BCUT2D eigenvalue weighted by Gasteiger charge is 2.49. The number of ether oxygens (including phenoxy) is 1. The molecule has 1 aromatic rings. The summed E-state index contributed by atoms with van der Waals surface area (Å²) in [4.78, 5) is 28.5. The van der Waals surface area contributed by atoms with Crippen LogP contribution in [0.3, 0.4) is 0 Å². The number of amides is 2. The van der Waals surface area contributed by atoms with Gasteiger partial charge in [0.25, 0.3) is 5.91 Å². The number of likely N-dealkylation sites (tertiary alicyclic amines) is 1. The van der Waals surface area contributed by atoms with Gasteiger partial charge in [-0.1, -0.05) is 0 Å². The summed E-state index contributed by atoms with van der Waals surface area (Å²) in [7, 11) is 0. The molecule has 0 N–H and O–H groups in total. The van der Waals surface area contributed by atoms with Gasteiger partial charge in [-0.15, -0.1) is 0 Å². The van der Waals surface area contributed by atoms with Gasteiger partial charge in [0.2, 0.25) is 5.91 Å². The highest BCUT2D eigenvalue weighted by Crippen LogP contribution is 2.38. The number of hydrogen-bond donors (Lipinski definition) is 0. The lowest BCUT2D eigenvalue weighted by atomic mass is 9.82. The van der Waals surface area contributed by atoms with Crippen molar-refractivity contribution in [3.8, 4) is 0 Å². The molecule has 1 spiro atoms. The molecule has 2 amide bonds. The van der Waals surface area contributed by atoms with Crippen LogP contribution >= 0.6 is 0 Å². The molecule has 3 aliphatic rings. The first-order chi connectivity index (χ1) is 11.6. The minimum absolute atomic E-state index is 0.0655. The van der Waals surface area contributed by atoms with Gasteiger partial charge in [0.05, 0.1) is 17.9 Å². The Bertz CT molecular complexity index is 615. The van der Waals surface area contributed by atoms with Crippen LogP contribution in [0.4, 0.5) is 0 Å². The number of nitrogens with zero attached hydrogens (tertiary/aromatic N) is 2. The Morgan fingerprint density at radius 3 is 2.71 bits per heavy atom. The van der Waals surface area contributed by atoms with Crippen molar-refractivity contribution < 1.29 is 18.7 Å². The molecule has 2 aliphatic heterocycles. The maximum Gasteiger partial charge on any atom is 0.289 e. The Morgan fingerprint density at radius 2 is 2.08 bits per heavy atom.